The first-order chi connectivity index (χ1) is 5.54. The minimum absolute atomic E-state index is 0.435. The zero-order chi connectivity index (χ0) is 9.72. The Morgan fingerprint density at radius 2 is 1.83 bits per heavy atom. The maximum absolute atomic E-state index is 9.05. The van der Waals surface area contributed by atoms with Gasteiger partial charge >= 0.3 is 0 Å². The Bertz CT molecular complexity index is 156. The lowest BCUT2D eigenvalue weighted by Crippen LogP contribution is -2.40. The van der Waals surface area contributed by atoms with Crippen LogP contribution in [0.5, 0.6) is 0 Å². The van der Waals surface area contributed by atoms with Crippen LogP contribution in [0, 0.1) is 0 Å². The number of rotatable bonds is 4. The Balaban J connectivity index is 4.18. The van der Waals surface area contributed by atoms with Gasteiger partial charge in [0.2, 0.25) is 0 Å². The van der Waals surface area contributed by atoms with Crippen molar-refractivity contribution in [2.75, 3.05) is 6.61 Å². The van der Waals surface area contributed by atoms with Crippen molar-refractivity contribution in [3.05, 3.63) is 11.8 Å². The molecule has 0 aromatic heterocycles. The van der Waals surface area contributed by atoms with E-state index in [4.69, 9.17) is 25.5 Å². The van der Waals surface area contributed by atoms with Crippen molar-refractivity contribution in [3.63, 3.8) is 0 Å². The summed E-state index contributed by atoms with van der Waals surface area (Å²) in [7, 11) is 0. The van der Waals surface area contributed by atoms with Crippen molar-refractivity contribution in [2.45, 2.75) is 25.2 Å². The maximum Gasteiger partial charge on any atom is 0.139 e. The fraction of sp³-hybridized carbons (Fsp3) is 0.714. The molecule has 0 aliphatic carbocycles. The molecule has 0 aliphatic rings. The molecule has 0 saturated heterocycles. The molecule has 0 radical (unpaired) electrons. The molecular weight excluding hydrogens is 164 g/mol. The monoisotopic (exact) mass is 178 g/mol. The average Bonchev–Trinajstić information content (AvgIpc) is 2.12. The number of hydrogen-bond acceptors (Lipinski definition) is 5. The molecule has 5 N–H and O–H groups in total. The normalized spacial score (nSPS) is 20.2. The average molecular weight is 178 g/mol. The van der Waals surface area contributed by atoms with E-state index in [0.29, 0.717) is 0 Å². The summed E-state index contributed by atoms with van der Waals surface area (Å²) in [6, 6.07) is 0. The summed E-state index contributed by atoms with van der Waals surface area (Å²) in [5, 5.41) is 44.2. The second-order valence-electron chi connectivity index (χ2n) is 2.40. The van der Waals surface area contributed by atoms with Crippen LogP contribution in [0.4, 0.5) is 0 Å². The number of aliphatic hydroxyl groups is 5. The minimum Gasteiger partial charge on any atom is -0.510 e. The molecule has 0 saturated carbocycles. The fourth-order valence-corrected chi connectivity index (χ4v) is 0.664. The van der Waals surface area contributed by atoms with Gasteiger partial charge in [-0.05, 0) is 13.0 Å². The van der Waals surface area contributed by atoms with Gasteiger partial charge in [0.25, 0.3) is 0 Å². The van der Waals surface area contributed by atoms with E-state index in [1.165, 1.54) is 13.0 Å². The van der Waals surface area contributed by atoms with E-state index in [2.05, 4.69) is 0 Å². The van der Waals surface area contributed by atoms with E-state index < -0.39 is 30.7 Å². The third-order valence-electron chi connectivity index (χ3n) is 1.50. The van der Waals surface area contributed by atoms with Gasteiger partial charge in [-0.2, -0.15) is 0 Å². The Morgan fingerprint density at radius 3 is 2.17 bits per heavy atom. The molecule has 0 aromatic rings. The highest BCUT2D eigenvalue weighted by Gasteiger charge is 2.26. The van der Waals surface area contributed by atoms with Crippen LogP contribution in [0.25, 0.3) is 0 Å². The summed E-state index contributed by atoms with van der Waals surface area (Å²) in [6.07, 6.45) is -3.40. The van der Waals surface area contributed by atoms with Gasteiger partial charge in [-0.1, -0.05) is 0 Å². The first kappa shape index (κ1) is 11.4. The van der Waals surface area contributed by atoms with E-state index in [1.807, 2.05) is 0 Å². The standard InChI is InChI=1S/C7H14O5/c1-2-4(9)6(11)7(12)5(10)3-8/h2,5-12H,3H2,1H3/b4-2+/t5?,6-,7?/m1/s1. The second-order valence-corrected chi connectivity index (χ2v) is 2.40. The molecule has 0 aromatic carbocycles. The fourth-order valence-electron chi connectivity index (χ4n) is 0.664. The SMILES string of the molecule is C/C=C(/O)[C@@H](O)C(O)C(O)CO. The Hall–Kier alpha value is -0.620. The van der Waals surface area contributed by atoms with Crippen molar-refractivity contribution in [1.29, 1.82) is 0 Å². The topological polar surface area (TPSA) is 101 Å². The van der Waals surface area contributed by atoms with Gasteiger partial charge in [0.15, 0.2) is 0 Å². The predicted molar refractivity (Wildman–Crippen MR) is 41.5 cm³/mol. The van der Waals surface area contributed by atoms with Crippen molar-refractivity contribution < 1.29 is 25.5 Å². The van der Waals surface area contributed by atoms with E-state index in [-0.39, 0.29) is 0 Å². The second kappa shape index (κ2) is 5.10. The molecule has 2 unspecified atom stereocenters. The highest BCUT2D eigenvalue weighted by Crippen LogP contribution is 2.06. The molecule has 0 bridgehead atoms. The Kier molecular flexibility index (Phi) is 4.84. The first-order valence-corrected chi connectivity index (χ1v) is 3.54. The lowest BCUT2D eigenvalue weighted by atomic mass is 10.1. The summed E-state index contributed by atoms with van der Waals surface area (Å²) in [5.74, 6) is -0.435. The molecule has 0 heterocycles. The molecule has 5 heteroatoms. The van der Waals surface area contributed by atoms with Gasteiger partial charge in [0.05, 0.1) is 6.61 Å². The van der Waals surface area contributed by atoms with E-state index >= 15 is 0 Å². The predicted octanol–water partition coefficient (Wildman–Crippen LogP) is -1.48. The quantitative estimate of drug-likeness (QED) is 0.338. The van der Waals surface area contributed by atoms with Crippen LogP contribution in [0.15, 0.2) is 11.8 Å². The van der Waals surface area contributed by atoms with E-state index in [0.717, 1.165) is 0 Å². The maximum atomic E-state index is 9.05. The van der Waals surface area contributed by atoms with Crippen LogP contribution in [0.1, 0.15) is 6.92 Å². The van der Waals surface area contributed by atoms with Gasteiger partial charge in [0, 0.05) is 0 Å². The summed E-state index contributed by atoms with van der Waals surface area (Å²) in [5.41, 5.74) is 0. The summed E-state index contributed by atoms with van der Waals surface area (Å²) >= 11 is 0. The van der Waals surface area contributed by atoms with Gasteiger partial charge in [-0.15, -0.1) is 0 Å². The zero-order valence-corrected chi connectivity index (χ0v) is 6.75. The number of hydrogen-bond donors (Lipinski definition) is 5. The molecule has 0 spiro atoms. The molecule has 0 aliphatic heterocycles. The summed E-state index contributed by atoms with van der Waals surface area (Å²) in [4.78, 5) is 0. The van der Waals surface area contributed by atoms with E-state index in [9.17, 15) is 0 Å². The highest BCUT2D eigenvalue weighted by molar-refractivity contribution is 5.00. The zero-order valence-electron chi connectivity index (χ0n) is 6.75. The molecule has 0 rings (SSSR count). The largest absolute Gasteiger partial charge is 0.510 e. The third-order valence-corrected chi connectivity index (χ3v) is 1.50. The summed E-state index contributed by atoms with van der Waals surface area (Å²) < 4.78 is 0. The van der Waals surface area contributed by atoms with Crippen LogP contribution in [-0.2, 0) is 0 Å². The lowest BCUT2D eigenvalue weighted by molar-refractivity contribution is -0.0741. The van der Waals surface area contributed by atoms with Gasteiger partial charge in [0.1, 0.15) is 24.1 Å². The molecular formula is C7H14O5. The Morgan fingerprint density at radius 1 is 1.33 bits per heavy atom. The van der Waals surface area contributed by atoms with Gasteiger partial charge in [-0.3, -0.25) is 0 Å². The third kappa shape index (κ3) is 2.78. The van der Waals surface area contributed by atoms with Crippen molar-refractivity contribution in [3.8, 4) is 0 Å². The van der Waals surface area contributed by atoms with Gasteiger partial charge < -0.3 is 25.5 Å². The highest BCUT2D eigenvalue weighted by atomic mass is 16.4. The smallest absolute Gasteiger partial charge is 0.139 e. The Labute approximate surface area is 70.2 Å². The lowest BCUT2D eigenvalue weighted by Gasteiger charge is -2.20. The minimum atomic E-state index is -1.58. The first-order valence-electron chi connectivity index (χ1n) is 3.54. The molecule has 12 heavy (non-hydrogen) atoms. The van der Waals surface area contributed by atoms with Crippen molar-refractivity contribution in [2.24, 2.45) is 0 Å². The van der Waals surface area contributed by atoms with Crippen molar-refractivity contribution in [1.82, 2.24) is 0 Å². The number of allylic oxidation sites excluding steroid dienone is 1. The molecule has 3 atom stereocenters. The van der Waals surface area contributed by atoms with Crippen molar-refractivity contribution >= 4 is 0 Å². The summed E-state index contributed by atoms with van der Waals surface area (Å²) in [6.45, 7) is 0.797. The van der Waals surface area contributed by atoms with Crippen LogP contribution in [-0.4, -0.2) is 50.5 Å². The molecule has 0 fully saturated rings. The van der Waals surface area contributed by atoms with Crippen LogP contribution < -0.4 is 0 Å². The van der Waals surface area contributed by atoms with Crippen LogP contribution >= 0.6 is 0 Å². The molecule has 5 nitrogen and oxygen atoms in total. The molecule has 0 amide bonds. The van der Waals surface area contributed by atoms with Gasteiger partial charge in [-0.25, -0.2) is 0 Å². The molecule has 72 valence electrons. The van der Waals surface area contributed by atoms with Crippen LogP contribution in [0.2, 0.25) is 0 Å². The van der Waals surface area contributed by atoms with Crippen LogP contribution in [0.3, 0.4) is 0 Å². The number of aliphatic hydroxyl groups excluding tert-OH is 5. The van der Waals surface area contributed by atoms with E-state index in [1.54, 1.807) is 0 Å².